The Bertz CT molecular complexity index is 463. The summed E-state index contributed by atoms with van der Waals surface area (Å²) < 4.78 is 6.06. The summed E-state index contributed by atoms with van der Waals surface area (Å²) in [6.45, 7) is 3.74. The maximum absolute atomic E-state index is 11.6. The Hall–Kier alpha value is -0.980. The first-order valence-electron chi connectivity index (χ1n) is 5.41. The van der Waals surface area contributed by atoms with Crippen LogP contribution < -0.4 is 11.1 Å². The summed E-state index contributed by atoms with van der Waals surface area (Å²) in [5.41, 5.74) is 6.82. The average Bonchev–Trinajstić information content (AvgIpc) is 2.28. The molecule has 0 atom stereocenters. The van der Waals surface area contributed by atoms with Gasteiger partial charge in [0.15, 0.2) is 0 Å². The van der Waals surface area contributed by atoms with Crippen LogP contribution in [-0.2, 0) is 9.53 Å². The molecule has 18 heavy (non-hydrogen) atoms. The highest BCUT2D eigenvalue weighted by molar-refractivity contribution is 9.10. The largest absolute Gasteiger partial charge is 0.389 e. The molecule has 1 aromatic carbocycles. The fourth-order valence-electron chi connectivity index (χ4n) is 1.26. The van der Waals surface area contributed by atoms with Crippen LogP contribution in [0.15, 0.2) is 22.7 Å². The summed E-state index contributed by atoms with van der Waals surface area (Å²) >= 11 is 8.27. The molecule has 4 nitrogen and oxygen atoms in total. The maximum atomic E-state index is 11.6. The second-order valence-corrected chi connectivity index (χ2v) is 5.32. The fraction of sp³-hybridized carbons (Fsp3) is 0.333. The molecule has 0 bridgehead atoms. The van der Waals surface area contributed by atoms with Crippen LogP contribution in [0.3, 0.4) is 0 Å². The van der Waals surface area contributed by atoms with Crippen LogP contribution in [0.4, 0.5) is 5.69 Å². The van der Waals surface area contributed by atoms with Gasteiger partial charge in [-0.1, -0.05) is 28.1 Å². The Morgan fingerprint density at radius 3 is 2.78 bits per heavy atom. The molecule has 0 saturated heterocycles. The normalized spacial score (nSPS) is 10.4. The molecule has 1 aromatic rings. The topological polar surface area (TPSA) is 64.3 Å². The zero-order valence-electron chi connectivity index (χ0n) is 10.2. The van der Waals surface area contributed by atoms with Crippen LogP contribution in [-0.4, -0.2) is 23.6 Å². The molecule has 0 aromatic heterocycles. The Morgan fingerprint density at radius 2 is 2.22 bits per heavy atom. The first kappa shape index (κ1) is 15.1. The van der Waals surface area contributed by atoms with Crippen LogP contribution in [0.1, 0.15) is 19.4 Å². The molecule has 0 spiro atoms. The van der Waals surface area contributed by atoms with Crippen molar-refractivity contribution in [3.05, 3.63) is 28.2 Å². The molecule has 0 aliphatic rings. The van der Waals surface area contributed by atoms with E-state index in [0.29, 0.717) is 11.3 Å². The molecule has 1 rings (SSSR count). The number of hydrogen-bond donors (Lipinski definition) is 2. The number of carbonyl (C=O) groups is 1. The molecule has 0 fully saturated rings. The summed E-state index contributed by atoms with van der Waals surface area (Å²) in [7, 11) is 0. The van der Waals surface area contributed by atoms with Gasteiger partial charge in [0, 0.05) is 10.0 Å². The first-order valence-corrected chi connectivity index (χ1v) is 6.61. The van der Waals surface area contributed by atoms with Gasteiger partial charge in [-0.2, -0.15) is 0 Å². The van der Waals surface area contributed by atoms with Gasteiger partial charge >= 0.3 is 0 Å². The number of amides is 1. The van der Waals surface area contributed by atoms with Crippen molar-refractivity contribution in [1.82, 2.24) is 0 Å². The van der Waals surface area contributed by atoms with E-state index in [2.05, 4.69) is 21.2 Å². The van der Waals surface area contributed by atoms with E-state index in [0.717, 1.165) is 4.47 Å². The minimum absolute atomic E-state index is 0.00447. The van der Waals surface area contributed by atoms with E-state index in [4.69, 9.17) is 22.7 Å². The fourth-order valence-corrected chi connectivity index (χ4v) is 1.79. The molecular weight excluding hydrogens is 316 g/mol. The lowest BCUT2D eigenvalue weighted by molar-refractivity contribution is -0.121. The zero-order valence-corrected chi connectivity index (χ0v) is 12.6. The van der Waals surface area contributed by atoms with Crippen molar-refractivity contribution in [2.75, 3.05) is 11.9 Å². The molecule has 98 valence electrons. The number of benzene rings is 1. The number of nitrogens with one attached hydrogen (secondary N) is 1. The number of rotatable bonds is 5. The summed E-state index contributed by atoms with van der Waals surface area (Å²) in [6, 6.07) is 5.31. The van der Waals surface area contributed by atoms with Gasteiger partial charge < -0.3 is 15.8 Å². The maximum Gasteiger partial charge on any atom is 0.250 e. The number of ether oxygens (including phenoxy) is 1. The number of nitrogens with two attached hydrogens (primary N) is 1. The predicted octanol–water partition coefficient (Wildman–Crippen LogP) is 2.45. The number of halogens is 1. The number of anilines is 1. The highest BCUT2D eigenvalue weighted by atomic mass is 79.9. The Labute approximate surface area is 120 Å². The van der Waals surface area contributed by atoms with Crippen LogP contribution >= 0.6 is 28.1 Å². The van der Waals surface area contributed by atoms with Crippen LogP contribution in [0.2, 0.25) is 0 Å². The van der Waals surface area contributed by atoms with Gasteiger partial charge in [0.05, 0.1) is 11.8 Å². The van der Waals surface area contributed by atoms with Gasteiger partial charge in [-0.25, -0.2) is 0 Å². The molecular formula is C12H15BrN2O2S. The molecule has 1 amide bonds. The lowest BCUT2D eigenvalue weighted by atomic mass is 10.2. The third-order valence-corrected chi connectivity index (χ3v) is 2.78. The lowest BCUT2D eigenvalue weighted by Gasteiger charge is -2.12. The number of hydrogen-bond acceptors (Lipinski definition) is 3. The van der Waals surface area contributed by atoms with Gasteiger partial charge in [0.2, 0.25) is 5.91 Å². The van der Waals surface area contributed by atoms with Crippen molar-refractivity contribution in [3.8, 4) is 0 Å². The molecule has 0 aliphatic heterocycles. The first-order chi connectivity index (χ1) is 8.40. The third-order valence-electron chi connectivity index (χ3n) is 2.07. The van der Waals surface area contributed by atoms with Gasteiger partial charge in [-0.3, -0.25) is 4.79 Å². The van der Waals surface area contributed by atoms with Gasteiger partial charge in [-0.15, -0.1) is 0 Å². The van der Waals surface area contributed by atoms with E-state index in [-0.39, 0.29) is 23.6 Å². The van der Waals surface area contributed by atoms with Crippen LogP contribution in [0, 0.1) is 0 Å². The second kappa shape index (κ2) is 6.82. The minimum Gasteiger partial charge on any atom is -0.389 e. The molecule has 0 aliphatic carbocycles. The van der Waals surface area contributed by atoms with E-state index < -0.39 is 0 Å². The van der Waals surface area contributed by atoms with Crippen LogP contribution in [0.5, 0.6) is 0 Å². The monoisotopic (exact) mass is 330 g/mol. The minimum atomic E-state index is -0.233. The van der Waals surface area contributed by atoms with E-state index in [9.17, 15) is 4.79 Å². The van der Waals surface area contributed by atoms with E-state index in [1.165, 1.54) is 0 Å². The van der Waals surface area contributed by atoms with E-state index in [1.54, 1.807) is 18.2 Å². The Kier molecular flexibility index (Phi) is 5.71. The molecule has 0 radical (unpaired) electrons. The summed E-state index contributed by atoms with van der Waals surface area (Å²) in [5.74, 6) is -0.233. The third kappa shape index (κ3) is 4.72. The van der Waals surface area contributed by atoms with E-state index in [1.807, 2.05) is 13.8 Å². The molecule has 6 heteroatoms. The smallest absolute Gasteiger partial charge is 0.250 e. The SMILES string of the molecule is CC(C)OCC(=O)Nc1ccc(Br)cc1C(N)=S. The highest BCUT2D eigenvalue weighted by Gasteiger charge is 2.10. The van der Waals surface area contributed by atoms with Gasteiger partial charge in [0.25, 0.3) is 0 Å². The van der Waals surface area contributed by atoms with Gasteiger partial charge in [-0.05, 0) is 32.0 Å². The van der Waals surface area contributed by atoms with Crippen molar-refractivity contribution in [3.63, 3.8) is 0 Å². The number of carbonyl (C=O) groups excluding carboxylic acids is 1. The molecule has 0 saturated carbocycles. The Morgan fingerprint density at radius 1 is 1.56 bits per heavy atom. The summed E-state index contributed by atoms with van der Waals surface area (Å²) in [6.07, 6.45) is 0.00993. The highest BCUT2D eigenvalue weighted by Crippen LogP contribution is 2.21. The van der Waals surface area contributed by atoms with Crippen molar-refractivity contribution < 1.29 is 9.53 Å². The van der Waals surface area contributed by atoms with Crippen molar-refractivity contribution in [1.29, 1.82) is 0 Å². The summed E-state index contributed by atoms with van der Waals surface area (Å²) in [4.78, 5) is 11.9. The average molecular weight is 331 g/mol. The standard InChI is InChI=1S/C12H15BrN2O2S/c1-7(2)17-6-11(16)15-10-4-3-8(13)5-9(10)12(14)18/h3-5,7H,6H2,1-2H3,(H2,14,18)(H,15,16). The number of thiocarbonyl (C=S) groups is 1. The van der Waals surface area contributed by atoms with Gasteiger partial charge in [0.1, 0.15) is 11.6 Å². The Balaban J connectivity index is 2.78. The van der Waals surface area contributed by atoms with Crippen molar-refractivity contribution in [2.45, 2.75) is 20.0 Å². The predicted molar refractivity (Wildman–Crippen MR) is 79.7 cm³/mol. The second-order valence-electron chi connectivity index (χ2n) is 3.96. The molecule has 3 N–H and O–H groups in total. The van der Waals surface area contributed by atoms with Crippen molar-refractivity contribution in [2.24, 2.45) is 5.73 Å². The lowest BCUT2D eigenvalue weighted by Crippen LogP contribution is -2.22. The molecule has 0 unspecified atom stereocenters. The van der Waals surface area contributed by atoms with Crippen molar-refractivity contribution >= 4 is 44.7 Å². The zero-order chi connectivity index (χ0) is 13.7. The summed E-state index contributed by atoms with van der Waals surface area (Å²) in [5, 5.41) is 2.72. The van der Waals surface area contributed by atoms with Crippen LogP contribution in [0.25, 0.3) is 0 Å². The van der Waals surface area contributed by atoms with E-state index >= 15 is 0 Å². The quantitative estimate of drug-likeness (QED) is 0.814. The molecule has 0 heterocycles.